The van der Waals surface area contributed by atoms with Gasteiger partial charge in [0.25, 0.3) is 5.91 Å². The van der Waals surface area contributed by atoms with E-state index in [1.54, 1.807) is 24.3 Å². The van der Waals surface area contributed by atoms with Crippen LogP contribution in [0.4, 0.5) is 18.9 Å². The Morgan fingerprint density at radius 1 is 0.812 bits per heavy atom. The van der Waals surface area contributed by atoms with Crippen molar-refractivity contribution in [2.75, 3.05) is 5.32 Å². The summed E-state index contributed by atoms with van der Waals surface area (Å²) in [4.78, 5) is 12.8. The Morgan fingerprint density at radius 3 is 1.94 bits per heavy atom. The van der Waals surface area contributed by atoms with Crippen LogP contribution < -0.4 is 10.1 Å². The van der Waals surface area contributed by atoms with Gasteiger partial charge in [-0.15, -0.1) is 5.10 Å². The van der Waals surface area contributed by atoms with Crippen molar-refractivity contribution >= 4 is 11.6 Å². The average Bonchev–Trinajstić information content (AvgIpc) is 3.19. The van der Waals surface area contributed by atoms with Gasteiger partial charge in [-0.3, -0.25) is 9.48 Å². The Hall–Kier alpha value is -4.07. The molecule has 0 radical (unpaired) electrons. The third-order valence-corrected chi connectivity index (χ3v) is 4.62. The van der Waals surface area contributed by atoms with Gasteiger partial charge in [-0.2, -0.15) is 0 Å². The first kappa shape index (κ1) is 21.2. The molecule has 0 aliphatic heterocycles. The van der Waals surface area contributed by atoms with Gasteiger partial charge in [-0.25, -0.2) is 13.2 Å². The van der Waals surface area contributed by atoms with Crippen LogP contribution in [0.15, 0.2) is 79.0 Å². The summed E-state index contributed by atoms with van der Waals surface area (Å²) in [6.45, 7) is 0.363. The normalized spacial score (nSPS) is 10.7. The van der Waals surface area contributed by atoms with Crippen molar-refractivity contribution in [3.05, 3.63) is 113 Å². The summed E-state index contributed by atoms with van der Waals surface area (Å²) < 4.78 is 46.7. The number of ether oxygens (including phenoxy) is 1. The fourth-order valence-corrected chi connectivity index (χ4v) is 2.99. The van der Waals surface area contributed by atoms with Gasteiger partial charge in [0, 0.05) is 11.9 Å². The van der Waals surface area contributed by atoms with Crippen LogP contribution >= 0.6 is 0 Å². The first-order valence-electron chi connectivity index (χ1n) is 9.72. The Balaban J connectivity index is 1.56. The number of carbonyl (C=O) groups is 1. The number of anilines is 1. The Bertz CT molecular complexity index is 1200. The molecule has 0 unspecified atom stereocenters. The van der Waals surface area contributed by atoms with E-state index in [2.05, 4.69) is 10.4 Å². The van der Waals surface area contributed by atoms with Crippen LogP contribution in [0.2, 0.25) is 0 Å². The highest BCUT2D eigenvalue weighted by Crippen LogP contribution is 2.21. The predicted octanol–water partition coefficient (Wildman–Crippen LogP) is 5.18. The SMILES string of the molecule is O=C(Nc1ccc(F)cc1)c1cn(Cc2ccc(F)cc2)nc1OCc1ccc(F)cc1. The number of nitrogens with zero attached hydrogens (tertiary/aromatic N) is 2. The number of amides is 1. The van der Waals surface area contributed by atoms with Crippen LogP contribution in [0.25, 0.3) is 0 Å². The van der Waals surface area contributed by atoms with Crippen LogP contribution in [-0.4, -0.2) is 15.7 Å². The van der Waals surface area contributed by atoms with Gasteiger partial charge in [0.05, 0.1) is 6.54 Å². The summed E-state index contributed by atoms with van der Waals surface area (Å²) in [6, 6.07) is 17.0. The maximum atomic E-state index is 13.2. The molecule has 0 saturated carbocycles. The van der Waals surface area contributed by atoms with E-state index in [0.29, 0.717) is 11.3 Å². The van der Waals surface area contributed by atoms with E-state index in [4.69, 9.17) is 4.74 Å². The molecule has 0 aliphatic rings. The topological polar surface area (TPSA) is 56.2 Å². The highest BCUT2D eigenvalue weighted by Gasteiger charge is 2.19. The van der Waals surface area contributed by atoms with E-state index in [9.17, 15) is 18.0 Å². The van der Waals surface area contributed by atoms with Gasteiger partial charge in [0.2, 0.25) is 5.88 Å². The molecule has 0 atom stereocenters. The molecule has 32 heavy (non-hydrogen) atoms. The van der Waals surface area contributed by atoms with Gasteiger partial charge in [0.1, 0.15) is 29.6 Å². The summed E-state index contributed by atoms with van der Waals surface area (Å²) in [5.41, 5.74) is 2.06. The quantitative estimate of drug-likeness (QED) is 0.434. The van der Waals surface area contributed by atoms with Gasteiger partial charge < -0.3 is 10.1 Å². The van der Waals surface area contributed by atoms with Crippen molar-refractivity contribution in [3.63, 3.8) is 0 Å². The molecule has 1 aromatic heterocycles. The smallest absolute Gasteiger partial charge is 0.262 e. The number of aromatic nitrogens is 2. The van der Waals surface area contributed by atoms with Crippen molar-refractivity contribution in [1.82, 2.24) is 9.78 Å². The van der Waals surface area contributed by atoms with E-state index in [1.807, 2.05) is 0 Å². The van der Waals surface area contributed by atoms with Gasteiger partial charge in [-0.1, -0.05) is 24.3 Å². The van der Waals surface area contributed by atoms with Crippen LogP contribution in [0, 0.1) is 17.5 Å². The van der Waals surface area contributed by atoms with Crippen LogP contribution in [0.5, 0.6) is 5.88 Å². The molecule has 3 aromatic carbocycles. The lowest BCUT2D eigenvalue weighted by Crippen LogP contribution is -2.12. The third-order valence-electron chi connectivity index (χ3n) is 4.62. The van der Waals surface area contributed by atoms with Gasteiger partial charge in [0.15, 0.2) is 0 Å². The summed E-state index contributed by atoms with van der Waals surface area (Å²) in [7, 11) is 0. The number of rotatable bonds is 7. The molecule has 1 amide bonds. The lowest BCUT2D eigenvalue weighted by molar-refractivity contribution is 0.102. The summed E-state index contributed by atoms with van der Waals surface area (Å²) in [6.07, 6.45) is 1.52. The molecular weight excluding hydrogens is 419 g/mol. The molecule has 0 bridgehead atoms. The molecular formula is C24H18F3N3O2. The lowest BCUT2D eigenvalue weighted by atomic mass is 10.2. The predicted molar refractivity (Wildman–Crippen MR) is 113 cm³/mol. The van der Waals surface area contributed by atoms with E-state index < -0.39 is 11.7 Å². The van der Waals surface area contributed by atoms with Crippen molar-refractivity contribution in [2.45, 2.75) is 13.2 Å². The zero-order chi connectivity index (χ0) is 22.5. The molecule has 4 rings (SSSR count). The second-order valence-electron chi connectivity index (χ2n) is 7.05. The van der Waals surface area contributed by atoms with E-state index in [1.165, 1.54) is 59.4 Å². The van der Waals surface area contributed by atoms with Crippen molar-refractivity contribution in [2.24, 2.45) is 0 Å². The average molecular weight is 437 g/mol. The van der Waals surface area contributed by atoms with Crippen molar-refractivity contribution in [3.8, 4) is 5.88 Å². The molecule has 0 saturated heterocycles. The maximum absolute atomic E-state index is 13.2. The molecule has 1 N–H and O–H groups in total. The maximum Gasteiger partial charge on any atom is 0.262 e. The minimum atomic E-state index is -0.490. The molecule has 0 spiro atoms. The highest BCUT2D eigenvalue weighted by molar-refractivity contribution is 6.05. The summed E-state index contributed by atoms with van der Waals surface area (Å²) in [5, 5.41) is 7.02. The molecule has 8 heteroatoms. The monoisotopic (exact) mass is 437 g/mol. The van der Waals surface area contributed by atoms with E-state index in [0.717, 1.165) is 5.56 Å². The highest BCUT2D eigenvalue weighted by atomic mass is 19.1. The third kappa shape index (κ3) is 5.34. The van der Waals surface area contributed by atoms with Crippen molar-refractivity contribution < 1.29 is 22.7 Å². The Morgan fingerprint density at radius 2 is 1.34 bits per heavy atom. The van der Waals surface area contributed by atoms with E-state index in [-0.39, 0.29) is 36.2 Å². The zero-order valence-electron chi connectivity index (χ0n) is 16.8. The van der Waals surface area contributed by atoms with Crippen LogP contribution in [0.3, 0.4) is 0 Å². The summed E-state index contributed by atoms with van der Waals surface area (Å²) >= 11 is 0. The minimum absolute atomic E-state index is 0.0741. The first-order chi connectivity index (χ1) is 15.5. The second-order valence-corrected chi connectivity index (χ2v) is 7.05. The van der Waals surface area contributed by atoms with E-state index >= 15 is 0 Å². The molecule has 5 nitrogen and oxygen atoms in total. The van der Waals surface area contributed by atoms with Crippen molar-refractivity contribution in [1.29, 1.82) is 0 Å². The second kappa shape index (κ2) is 9.38. The van der Waals surface area contributed by atoms with Crippen LogP contribution in [0.1, 0.15) is 21.5 Å². The number of hydrogen-bond donors (Lipinski definition) is 1. The summed E-state index contributed by atoms with van der Waals surface area (Å²) in [5.74, 6) is -1.54. The number of carbonyl (C=O) groups excluding carboxylic acids is 1. The molecule has 162 valence electrons. The van der Waals surface area contributed by atoms with Crippen LogP contribution in [-0.2, 0) is 13.2 Å². The number of benzene rings is 3. The van der Waals surface area contributed by atoms with Gasteiger partial charge in [-0.05, 0) is 59.7 Å². The lowest BCUT2D eigenvalue weighted by Gasteiger charge is -2.07. The molecule has 0 fully saturated rings. The first-order valence-corrected chi connectivity index (χ1v) is 9.72. The Labute approximate surface area is 182 Å². The Kier molecular flexibility index (Phi) is 6.21. The number of halogens is 3. The largest absolute Gasteiger partial charge is 0.471 e. The molecule has 4 aromatic rings. The molecule has 1 heterocycles. The minimum Gasteiger partial charge on any atom is -0.471 e. The number of nitrogens with one attached hydrogen (secondary N) is 1. The standard InChI is InChI=1S/C24H18F3N3O2/c25-18-5-1-16(2-6-18)13-30-14-22(23(31)28-21-11-9-20(27)10-12-21)24(29-30)32-15-17-3-7-19(26)8-4-17/h1-12,14H,13,15H2,(H,28,31). The van der Waals surface area contributed by atoms with Gasteiger partial charge >= 0.3 is 0 Å². The fraction of sp³-hybridized carbons (Fsp3) is 0.0833. The number of hydrogen-bond acceptors (Lipinski definition) is 3. The fourth-order valence-electron chi connectivity index (χ4n) is 2.99. The molecule has 0 aliphatic carbocycles. The zero-order valence-corrected chi connectivity index (χ0v) is 16.8.